The number of hydrogen-bond donors (Lipinski definition) is 0. The van der Waals surface area contributed by atoms with Crippen molar-refractivity contribution in [3.8, 4) is 5.75 Å². The summed E-state index contributed by atoms with van der Waals surface area (Å²) in [6.45, 7) is 5.19. The van der Waals surface area contributed by atoms with Gasteiger partial charge in [-0.3, -0.25) is 14.9 Å². The Labute approximate surface area is 153 Å². The van der Waals surface area contributed by atoms with Crippen LogP contribution in [0, 0.1) is 17.0 Å². The van der Waals surface area contributed by atoms with Crippen LogP contribution in [-0.2, 0) is 14.6 Å². The molecule has 1 heterocycles. The van der Waals surface area contributed by atoms with Gasteiger partial charge in [0, 0.05) is 23.7 Å². The molecule has 1 amide bonds. The third kappa shape index (κ3) is 4.72. The van der Waals surface area contributed by atoms with Gasteiger partial charge < -0.3 is 9.64 Å². The third-order valence-corrected chi connectivity index (χ3v) is 6.43. The van der Waals surface area contributed by atoms with Crippen LogP contribution in [0.3, 0.4) is 0 Å². The zero-order valence-corrected chi connectivity index (χ0v) is 16.0. The molecular weight excluding hydrogens is 360 g/mol. The quantitative estimate of drug-likeness (QED) is 0.526. The number of amides is 1. The normalized spacial score (nSPS) is 19.7. The number of ether oxygens (including phenoxy) is 1. The highest BCUT2D eigenvalue weighted by atomic mass is 32.2. The average molecular weight is 384 g/mol. The summed E-state index contributed by atoms with van der Waals surface area (Å²) in [5.74, 6) is 0.169. The maximum absolute atomic E-state index is 12.7. The number of carbonyl (C=O) groups excluding carboxylic acids is 1. The fraction of sp³-hybridized carbons (Fsp3) is 0.588. The number of rotatable bonds is 7. The summed E-state index contributed by atoms with van der Waals surface area (Å²) >= 11 is 0. The first-order chi connectivity index (χ1) is 12.1. The Morgan fingerprint density at radius 2 is 2.15 bits per heavy atom. The lowest BCUT2D eigenvalue weighted by Gasteiger charge is -2.33. The van der Waals surface area contributed by atoms with E-state index in [2.05, 4.69) is 0 Å². The second-order valence-corrected chi connectivity index (χ2v) is 8.84. The van der Waals surface area contributed by atoms with Gasteiger partial charge in [0.1, 0.15) is 5.75 Å². The molecule has 9 heteroatoms. The number of sulfone groups is 1. The minimum atomic E-state index is -3.10. The topological polar surface area (TPSA) is 107 Å². The van der Waals surface area contributed by atoms with Gasteiger partial charge in [-0.15, -0.1) is 0 Å². The van der Waals surface area contributed by atoms with Crippen LogP contribution in [-0.4, -0.2) is 54.3 Å². The van der Waals surface area contributed by atoms with Gasteiger partial charge >= 0.3 is 0 Å². The van der Waals surface area contributed by atoms with Gasteiger partial charge in [0.25, 0.3) is 11.6 Å². The van der Waals surface area contributed by atoms with E-state index in [1.807, 2.05) is 13.8 Å². The Balaban J connectivity index is 2.08. The predicted octanol–water partition coefficient (Wildman–Crippen LogP) is 2.10. The molecule has 1 aliphatic rings. The smallest absolute Gasteiger partial charge is 0.272 e. The maximum Gasteiger partial charge on any atom is 0.272 e. The zero-order chi connectivity index (χ0) is 19.5. The van der Waals surface area contributed by atoms with Gasteiger partial charge in [0.2, 0.25) is 0 Å². The lowest BCUT2D eigenvalue weighted by atomic mass is 10.1. The fourth-order valence-electron chi connectivity index (χ4n) is 3.14. The Bertz CT molecular complexity index is 792. The van der Waals surface area contributed by atoms with Gasteiger partial charge in [0.05, 0.1) is 16.4 Å². The highest BCUT2D eigenvalue weighted by Gasteiger charge is 2.36. The molecule has 0 radical (unpaired) electrons. The number of carbonyl (C=O) groups is 1. The summed E-state index contributed by atoms with van der Waals surface area (Å²) in [4.78, 5) is 24.7. The van der Waals surface area contributed by atoms with Crippen LogP contribution < -0.4 is 4.74 Å². The van der Waals surface area contributed by atoms with Crippen LogP contribution in [0.2, 0.25) is 0 Å². The molecule has 0 bridgehead atoms. The Hall–Kier alpha value is -2.16. The van der Waals surface area contributed by atoms with Crippen molar-refractivity contribution in [3.63, 3.8) is 0 Å². The van der Waals surface area contributed by atoms with E-state index in [9.17, 15) is 23.3 Å². The molecule has 0 saturated carbocycles. The monoisotopic (exact) mass is 384 g/mol. The molecule has 2 rings (SSSR count). The van der Waals surface area contributed by atoms with E-state index >= 15 is 0 Å². The van der Waals surface area contributed by atoms with Crippen molar-refractivity contribution >= 4 is 21.4 Å². The van der Waals surface area contributed by atoms with Crippen molar-refractivity contribution in [2.75, 3.05) is 18.1 Å². The van der Waals surface area contributed by atoms with Crippen LogP contribution >= 0.6 is 0 Å². The van der Waals surface area contributed by atoms with E-state index in [1.165, 1.54) is 18.2 Å². The van der Waals surface area contributed by atoms with E-state index in [0.29, 0.717) is 24.2 Å². The molecule has 1 aromatic carbocycles. The molecule has 144 valence electrons. The average Bonchev–Trinajstić information content (AvgIpc) is 2.92. The number of hydrogen-bond acceptors (Lipinski definition) is 6. The minimum absolute atomic E-state index is 0.0129. The summed E-state index contributed by atoms with van der Waals surface area (Å²) in [6, 6.07) is 3.88. The second kappa shape index (κ2) is 8.03. The number of nitro groups is 1. The molecule has 2 atom stereocenters. The zero-order valence-electron chi connectivity index (χ0n) is 15.2. The van der Waals surface area contributed by atoms with Crippen LogP contribution in [0.5, 0.6) is 5.75 Å². The van der Waals surface area contributed by atoms with Crippen molar-refractivity contribution < 1.29 is 22.9 Å². The summed E-state index contributed by atoms with van der Waals surface area (Å²) in [5, 5.41) is 10.9. The molecule has 0 aromatic heterocycles. The third-order valence-electron chi connectivity index (χ3n) is 4.68. The van der Waals surface area contributed by atoms with Gasteiger partial charge in [-0.2, -0.15) is 0 Å². The number of aryl methyl sites for hydroxylation is 1. The number of nitrogens with zero attached hydrogens (tertiary/aromatic N) is 2. The van der Waals surface area contributed by atoms with Crippen LogP contribution in [0.15, 0.2) is 18.2 Å². The summed E-state index contributed by atoms with van der Waals surface area (Å²) < 4.78 is 29.0. The lowest BCUT2D eigenvalue weighted by Crippen LogP contribution is -2.48. The van der Waals surface area contributed by atoms with Crippen molar-refractivity contribution in [3.05, 3.63) is 33.9 Å². The van der Waals surface area contributed by atoms with E-state index in [4.69, 9.17) is 4.74 Å². The predicted molar refractivity (Wildman–Crippen MR) is 97.0 cm³/mol. The molecule has 0 unspecified atom stereocenters. The van der Waals surface area contributed by atoms with Crippen LogP contribution in [0.4, 0.5) is 5.69 Å². The Kier molecular flexibility index (Phi) is 6.22. The minimum Gasteiger partial charge on any atom is -0.484 e. The van der Waals surface area contributed by atoms with Crippen LogP contribution in [0.1, 0.15) is 32.3 Å². The molecule has 1 saturated heterocycles. The standard InChI is InChI=1S/C17H24N2O6S/c1-4-13(3)18(14-7-8-26(23,24)11-14)17(20)10-25-15-5-6-16(19(21)22)12(2)9-15/h5-6,9,13-14H,4,7-8,10-11H2,1-3H3/t13-,14+/m0/s1. The van der Waals surface area contributed by atoms with E-state index in [0.717, 1.165) is 0 Å². The molecule has 0 aliphatic carbocycles. The molecule has 1 aromatic rings. The number of benzene rings is 1. The Morgan fingerprint density at radius 3 is 2.65 bits per heavy atom. The first-order valence-electron chi connectivity index (χ1n) is 8.54. The van der Waals surface area contributed by atoms with Crippen molar-refractivity contribution in [1.82, 2.24) is 4.90 Å². The number of nitro benzene ring substituents is 1. The van der Waals surface area contributed by atoms with Crippen LogP contribution in [0.25, 0.3) is 0 Å². The first-order valence-corrected chi connectivity index (χ1v) is 10.4. The van der Waals surface area contributed by atoms with Gasteiger partial charge in [-0.25, -0.2) is 8.42 Å². The van der Waals surface area contributed by atoms with Gasteiger partial charge in [0.15, 0.2) is 16.4 Å². The molecule has 26 heavy (non-hydrogen) atoms. The van der Waals surface area contributed by atoms with Gasteiger partial charge in [-0.1, -0.05) is 6.92 Å². The summed E-state index contributed by atoms with van der Waals surface area (Å²) in [6.07, 6.45) is 1.15. The second-order valence-electron chi connectivity index (χ2n) is 6.61. The molecule has 8 nitrogen and oxygen atoms in total. The fourth-order valence-corrected chi connectivity index (χ4v) is 4.85. The molecule has 0 N–H and O–H groups in total. The molecule has 0 spiro atoms. The van der Waals surface area contributed by atoms with E-state index in [1.54, 1.807) is 11.8 Å². The summed E-state index contributed by atoms with van der Waals surface area (Å²) in [5.41, 5.74) is 0.432. The van der Waals surface area contributed by atoms with Crippen molar-refractivity contribution in [2.24, 2.45) is 0 Å². The molecule has 1 fully saturated rings. The Morgan fingerprint density at radius 1 is 1.46 bits per heavy atom. The largest absolute Gasteiger partial charge is 0.484 e. The van der Waals surface area contributed by atoms with Crippen molar-refractivity contribution in [1.29, 1.82) is 0 Å². The van der Waals surface area contributed by atoms with E-state index < -0.39 is 14.8 Å². The first kappa shape index (κ1) is 20.2. The molecular formula is C17H24N2O6S. The van der Waals surface area contributed by atoms with Gasteiger partial charge in [-0.05, 0) is 38.8 Å². The molecule has 1 aliphatic heterocycles. The maximum atomic E-state index is 12.7. The highest BCUT2D eigenvalue weighted by Crippen LogP contribution is 2.24. The summed E-state index contributed by atoms with van der Waals surface area (Å²) in [7, 11) is -3.10. The van der Waals surface area contributed by atoms with E-state index in [-0.39, 0.29) is 41.8 Å². The SMILES string of the molecule is CC[C@H](C)N(C(=O)COc1ccc([N+](=O)[O-])c(C)c1)[C@@H]1CCS(=O)(=O)C1. The van der Waals surface area contributed by atoms with Crippen molar-refractivity contribution in [2.45, 2.75) is 45.7 Å². The lowest BCUT2D eigenvalue weighted by molar-refractivity contribution is -0.385. The highest BCUT2D eigenvalue weighted by molar-refractivity contribution is 7.91.